The number of carbonyl (C=O) groups excluding carboxylic acids is 2. The summed E-state index contributed by atoms with van der Waals surface area (Å²) in [5, 5.41) is 0.275. The van der Waals surface area contributed by atoms with E-state index in [0.717, 1.165) is 0 Å². The van der Waals surface area contributed by atoms with E-state index in [1.807, 2.05) is 0 Å². The number of esters is 2. The Balaban J connectivity index is 2.83. The fourth-order valence-electron chi connectivity index (χ4n) is 1.91. The van der Waals surface area contributed by atoms with E-state index in [1.54, 1.807) is 18.2 Å². The molecule has 21 heavy (non-hydrogen) atoms. The summed E-state index contributed by atoms with van der Waals surface area (Å²) in [5.41, 5.74) is 0. The second-order valence-corrected chi connectivity index (χ2v) is 6.84. The van der Waals surface area contributed by atoms with E-state index in [-0.39, 0.29) is 24.3 Å². The van der Waals surface area contributed by atoms with Crippen LogP contribution < -0.4 is 5.30 Å². The Morgan fingerprint density at radius 3 is 2.33 bits per heavy atom. The van der Waals surface area contributed by atoms with E-state index in [9.17, 15) is 19.0 Å². The van der Waals surface area contributed by atoms with Crippen LogP contribution >= 0.6 is 7.37 Å². The zero-order chi connectivity index (χ0) is 15.9. The Labute approximate surface area is 123 Å². The molecule has 2 unspecified atom stereocenters. The highest BCUT2D eigenvalue weighted by molar-refractivity contribution is 7.66. The van der Waals surface area contributed by atoms with Gasteiger partial charge in [0.05, 0.1) is 20.1 Å². The minimum absolute atomic E-state index is 0.00887. The van der Waals surface area contributed by atoms with Gasteiger partial charge in [-0.1, -0.05) is 18.2 Å². The highest BCUT2D eigenvalue weighted by Gasteiger charge is 2.31. The second-order valence-electron chi connectivity index (χ2n) is 4.55. The minimum Gasteiger partial charge on any atom is -0.469 e. The summed E-state index contributed by atoms with van der Waals surface area (Å²) in [4.78, 5) is 33.0. The molecule has 0 saturated carbocycles. The van der Waals surface area contributed by atoms with Crippen molar-refractivity contribution in [2.24, 2.45) is 5.92 Å². The van der Waals surface area contributed by atoms with Gasteiger partial charge in [-0.05, 0) is 18.6 Å². The third kappa shape index (κ3) is 5.33. The monoisotopic (exact) mass is 314 g/mol. The molecule has 7 heteroatoms. The van der Waals surface area contributed by atoms with Gasteiger partial charge in [-0.2, -0.15) is 0 Å². The summed E-state index contributed by atoms with van der Waals surface area (Å²) in [6, 6.07) is 8.11. The molecule has 0 fully saturated rings. The fourth-order valence-corrected chi connectivity index (χ4v) is 3.69. The van der Waals surface area contributed by atoms with Crippen LogP contribution in [-0.4, -0.2) is 37.2 Å². The molecular weight excluding hydrogens is 295 g/mol. The summed E-state index contributed by atoms with van der Waals surface area (Å²) in [5.74, 6) is -1.91. The first-order valence-corrected chi connectivity index (χ1v) is 8.27. The van der Waals surface area contributed by atoms with E-state index in [4.69, 9.17) is 0 Å². The van der Waals surface area contributed by atoms with E-state index >= 15 is 0 Å². The standard InChI is InChI=1S/C14H19O6P/c1-19-13(15)9-8-11(14(16)20-2)10-21(17,18)12-6-4-3-5-7-12/h3-7,11H,8-10H2,1-2H3,(H,17,18). The number of methoxy groups -OCH3 is 2. The molecule has 2 atom stereocenters. The quantitative estimate of drug-likeness (QED) is 0.603. The van der Waals surface area contributed by atoms with Crippen molar-refractivity contribution in [1.82, 2.24) is 0 Å². The smallest absolute Gasteiger partial charge is 0.309 e. The molecule has 1 aromatic rings. The normalized spacial score (nSPS) is 14.8. The van der Waals surface area contributed by atoms with Crippen molar-refractivity contribution in [2.75, 3.05) is 20.4 Å². The average Bonchev–Trinajstić information content (AvgIpc) is 2.51. The molecule has 0 amide bonds. The molecule has 0 aromatic heterocycles. The molecule has 0 heterocycles. The van der Waals surface area contributed by atoms with Crippen molar-refractivity contribution in [2.45, 2.75) is 12.8 Å². The zero-order valence-corrected chi connectivity index (χ0v) is 12.9. The first-order valence-electron chi connectivity index (χ1n) is 6.42. The van der Waals surface area contributed by atoms with Gasteiger partial charge in [-0.3, -0.25) is 14.2 Å². The Bertz CT molecular complexity index is 528. The molecule has 116 valence electrons. The van der Waals surface area contributed by atoms with Crippen LogP contribution in [0.3, 0.4) is 0 Å². The van der Waals surface area contributed by atoms with Crippen LogP contribution in [0.1, 0.15) is 12.8 Å². The summed E-state index contributed by atoms with van der Waals surface area (Å²) < 4.78 is 21.5. The molecule has 1 N–H and O–H groups in total. The Morgan fingerprint density at radius 1 is 1.19 bits per heavy atom. The third-order valence-corrected chi connectivity index (χ3v) is 5.13. The molecule has 0 radical (unpaired) electrons. The van der Waals surface area contributed by atoms with Gasteiger partial charge in [0.25, 0.3) is 0 Å². The van der Waals surface area contributed by atoms with Crippen LogP contribution in [0.5, 0.6) is 0 Å². The molecule has 1 rings (SSSR count). The van der Waals surface area contributed by atoms with Gasteiger partial charge < -0.3 is 14.4 Å². The molecule has 0 bridgehead atoms. The topological polar surface area (TPSA) is 89.9 Å². The van der Waals surface area contributed by atoms with E-state index in [1.165, 1.54) is 26.4 Å². The molecule has 0 aliphatic carbocycles. The number of carbonyl (C=O) groups is 2. The maximum Gasteiger partial charge on any atom is 0.309 e. The highest BCUT2D eigenvalue weighted by atomic mass is 31.2. The number of rotatable bonds is 7. The first-order chi connectivity index (χ1) is 9.90. The first kappa shape index (κ1) is 17.4. The molecular formula is C14H19O6P. The van der Waals surface area contributed by atoms with Crippen molar-refractivity contribution in [3.63, 3.8) is 0 Å². The predicted molar refractivity (Wildman–Crippen MR) is 77.5 cm³/mol. The summed E-state index contributed by atoms with van der Waals surface area (Å²) in [6.07, 6.45) is -0.164. The summed E-state index contributed by atoms with van der Waals surface area (Å²) >= 11 is 0. The molecule has 0 aliphatic rings. The Hall–Kier alpha value is -1.65. The third-order valence-electron chi connectivity index (χ3n) is 3.09. The van der Waals surface area contributed by atoms with Gasteiger partial charge in [0.1, 0.15) is 0 Å². The lowest BCUT2D eigenvalue weighted by Crippen LogP contribution is -2.24. The van der Waals surface area contributed by atoms with Crippen molar-refractivity contribution < 1.29 is 28.5 Å². The fraction of sp³-hybridized carbons (Fsp3) is 0.429. The van der Waals surface area contributed by atoms with Gasteiger partial charge in [0.2, 0.25) is 7.37 Å². The maximum absolute atomic E-state index is 12.4. The van der Waals surface area contributed by atoms with Gasteiger partial charge in [-0.15, -0.1) is 0 Å². The largest absolute Gasteiger partial charge is 0.469 e. The molecule has 0 saturated heterocycles. The number of hydrogen-bond acceptors (Lipinski definition) is 5. The number of hydrogen-bond donors (Lipinski definition) is 1. The van der Waals surface area contributed by atoms with Crippen molar-refractivity contribution in [3.05, 3.63) is 30.3 Å². The van der Waals surface area contributed by atoms with Crippen LogP contribution in [0, 0.1) is 5.92 Å². The van der Waals surface area contributed by atoms with Crippen LogP contribution in [0.2, 0.25) is 0 Å². The van der Waals surface area contributed by atoms with Crippen molar-refractivity contribution >= 4 is 24.6 Å². The van der Waals surface area contributed by atoms with Gasteiger partial charge in [-0.25, -0.2) is 0 Å². The van der Waals surface area contributed by atoms with Crippen molar-refractivity contribution in [3.8, 4) is 0 Å². The highest BCUT2D eigenvalue weighted by Crippen LogP contribution is 2.42. The average molecular weight is 314 g/mol. The number of ether oxygens (including phenoxy) is 2. The summed E-state index contributed by atoms with van der Waals surface area (Å²) in [7, 11) is -1.24. The number of benzene rings is 1. The van der Waals surface area contributed by atoms with Gasteiger partial charge in [0, 0.05) is 17.9 Å². The molecule has 6 nitrogen and oxygen atoms in total. The minimum atomic E-state index is -3.69. The lowest BCUT2D eigenvalue weighted by Gasteiger charge is -2.18. The van der Waals surface area contributed by atoms with Crippen molar-refractivity contribution in [1.29, 1.82) is 0 Å². The molecule has 0 aliphatic heterocycles. The summed E-state index contributed by atoms with van der Waals surface area (Å²) in [6.45, 7) is 0. The lowest BCUT2D eigenvalue weighted by molar-refractivity contribution is -0.146. The van der Waals surface area contributed by atoms with E-state index in [0.29, 0.717) is 0 Å². The van der Waals surface area contributed by atoms with Gasteiger partial charge in [0.15, 0.2) is 0 Å². The Morgan fingerprint density at radius 2 is 1.81 bits per heavy atom. The van der Waals surface area contributed by atoms with E-state index < -0.39 is 25.2 Å². The van der Waals surface area contributed by atoms with Crippen LogP contribution in [0.15, 0.2) is 30.3 Å². The molecule has 0 spiro atoms. The second kappa shape index (κ2) is 7.96. The lowest BCUT2D eigenvalue weighted by atomic mass is 10.1. The maximum atomic E-state index is 12.4. The van der Waals surface area contributed by atoms with Crippen LogP contribution in [-0.2, 0) is 23.6 Å². The SMILES string of the molecule is COC(=O)CCC(CP(=O)(O)c1ccccc1)C(=O)OC. The van der Waals surface area contributed by atoms with Crippen LogP contribution in [0.4, 0.5) is 0 Å². The Kier molecular flexibility index (Phi) is 6.59. The van der Waals surface area contributed by atoms with Crippen LogP contribution in [0.25, 0.3) is 0 Å². The molecule has 1 aromatic carbocycles. The van der Waals surface area contributed by atoms with Gasteiger partial charge >= 0.3 is 11.9 Å². The predicted octanol–water partition coefficient (Wildman–Crippen LogP) is 1.32. The zero-order valence-electron chi connectivity index (χ0n) is 12.0. The van der Waals surface area contributed by atoms with E-state index in [2.05, 4.69) is 9.47 Å².